The fourth-order valence-corrected chi connectivity index (χ4v) is 3.63. The first kappa shape index (κ1) is 16.9. The molecule has 142 valence electrons. The minimum atomic E-state index is -0.102. The summed E-state index contributed by atoms with van der Waals surface area (Å²) in [5.41, 5.74) is 3.13. The number of nitrogens with zero attached hydrogens (tertiary/aromatic N) is 4. The van der Waals surface area contributed by atoms with Gasteiger partial charge in [-0.1, -0.05) is 12.1 Å². The Hall–Kier alpha value is -3.22. The van der Waals surface area contributed by atoms with Crippen LogP contribution in [0.15, 0.2) is 41.5 Å². The van der Waals surface area contributed by atoms with Crippen LogP contribution in [0.4, 0.5) is 11.5 Å². The molecular formula is C21H21N5O2. The number of hydrogen-bond acceptors (Lipinski definition) is 5. The van der Waals surface area contributed by atoms with Crippen LogP contribution < -0.4 is 15.8 Å². The Balaban J connectivity index is 1.58. The summed E-state index contributed by atoms with van der Waals surface area (Å²) in [6.07, 6.45) is 5.24. The molecule has 0 radical (unpaired) electrons. The number of aryl methyl sites for hydroxylation is 1. The first-order valence-corrected chi connectivity index (χ1v) is 9.64. The quantitative estimate of drug-likeness (QED) is 0.758. The van der Waals surface area contributed by atoms with Gasteiger partial charge in [-0.05, 0) is 37.5 Å². The summed E-state index contributed by atoms with van der Waals surface area (Å²) in [7, 11) is 1.70. The highest BCUT2D eigenvalue weighted by molar-refractivity contribution is 5.96. The largest absolute Gasteiger partial charge is 0.367 e. The lowest BCUT2D eigenvalue weighted by Crippen LogP contribution is -2.23. The van der Waals surface area contributed by atoms with Gasteiger partial charge in [-0.3, -0.25) is 9.59 Å². The molecule has 5 rings (SSSR count). The molecule has 1 amide bonds. The van der Waals surface area contributed by atoms with Gasteiger partial charge in [0.15, 0.2) is 0 Å². The highest BCUT2D eigenvalue weighted by Crippen LogP contribution is 2.31. The average molecular weight is 375 g/mol. The lowest BCUT2D eigenvalue weighted by Gasteiger charge is -2.16. The topological polar surface area (TPSA) is 80.1 Å². The van der Waals surface area contributed by atoms with Crippen molar-refractivity contribution < 1.29 is 4.79 Å². The van der Waals surface area contributed by atoms with Gasteiger partial charge in [-0.2, -0.15) is 0 Å². The second-order valence-electron chi connectivity index (χ2n) is 7.53. The molecule has 0 spiro atoms. The molecule has 1 saturated carbocycles. The standard InChI is InChI=1S/C21H21N5O2/c1-25-12-22-17-11-16(24-20(19(17)21(25)28)23-14-6-7-14)13-4-8-15(9-5-13)26-10-2-3-18(26)27/h4-5,8-9,11-12,14H,2-3,6-7,10H2,1H3,(H,23,24). The molecule has 3 aromatic rings. The van der Waals surface area contributed by atoms with E-state index >= 15 is 0 Å². The third-order valence-corrected chi connectivity index (χ3v) is 5.37. The van der Waals surface area contributed by atoms with Crippen LogP contribution in [-0.4, -0.2) is 33.0 Å². The summed E-state index contributed by atoms with van der Waals surface area (Å²) >= 11 is 0. The third kappa shape index (κ3) is 2.93. The molecular weight excluding hydrogens is 354 g/mol. The molecule has 0 atom stereocenters. The fraction of sp³-hybridized carbons (Fsp3) is 0.333. The molecule has 1 aliphatic heterocycles. The monoisotopic (exact) mass is 375 g/mol. The highest BCUT2D eigenvalue weighted by atomic mass is 16.2. The van der Waals surface area contributed by atoms with E-state index in [4.69, 9.17) is 4.98 Å². The molecule has 1 N–H and O–H groups in total. The first-order valence-electron chi connectivity index (χ1n) is 9.64. The number of carbonyl (C=O) groups is 1. The molecule has 7 heteroatoms. The maximum absolute atomic E-state index is 12.6. The Bertz CT molecular complexity index is 1130. The number of benzene rings is 1. The van der Waals surface area contributed by atoms with Gasteiger partial charge in [0.25, 0.3) is 5.56 Å². The smallest absolute Gasteiger partial charge is 0.264 e. The highest BCUT2D eigenvalue weighted by Gasteiger charge is 2.24. The van der Waals surface area contributed by atoms with E-state index in [1.54, 1.807) is 7.05 Å². The number of pyridine rings is 1. The summed E-state index contributed by atoms with van der Waals surface area (Å²) in [5.74, 6) is 0.773. The zero-order valence-corrected chi connectivity index (χ0v) is 15.7. The van der Waals surface area contributed by atoms with Crippen molar-refractivity contribution in [3.63, 3.8) is 0 Å². The average Bonchev–Trinajstić information content (AvgIpc) is 3.42. The Morgan fingerprint density at radius 1 is 1.14 bits per heavy atom. The van der Waals surface area contributed by atoms with E-state index in [2.05, 4.69) is 10.3 Å². The zero-order chi connectivity index (χ0) is 19.3. The van der Waals surface area contributed by atoms with Crippen molar-refractivity contribution in [1.82, 2.24) is 14.5 Å². The number of rotatable bonds is 4. The predicted molar refractivity (Wildman–Crippen MR) is 108 cm³/mol. The van der Waals surface area contributed by atoms with Crippen LogP contribution in [0, 0.1) is 0 Å². The van der Waals surface area contributed by atoms with Crippen molar-refractivity contribution in [3.05, 3.63) is 47.0 Å². The number of aromatic nitrogens is 3. The van der Waals surface area contributed by atoms with Gasteiger partial charge < -0.3 is 14.8 Å². The van der Waals surface area contributed by atoms with E-state index < -0.39 is 0 Å². The predicted octanol–water partition coefficient (Wildman–Crippen LogP) is 2.70. The van der Waals surface area contributed by atoms with Crippen LogP contribution >= 0.6 is 0 Å². The molecule has 7 nitrogen and oxygen atoms in total. The number of carbonyl (C=O) groups excluding carboxylic acids is 1. The Labute approximate surface area is 162 Å². The second-order valence-corrected chi connectivity index (χ2v) is 7.53. The maximum Gasteiger partial charge on any atom is 0.264 e. The maximum atomic E-state index is 12.6. The van der Waals surface area contributed by atoms with Crippen LogP contribution in [0.2, 0.25) is 0 Å². The van der Waals surface area contributed by atoms with Crippen molar-refractivity contribution in [2.24, 2.45) is 7.05 Å². The molecule has 2 fully saturated rings. The molecule has 1 saturated heterocycles. The molecule has 28 heavy (non-hydrogen) atoms. The summed E-state index contributed by atoms with van der Waals surface area (Å²) in [6, 6.07) is 10.1. The van der Waals surface area contributed by atoms with Crippen molar-refractivity contribution in [1.29, 1.82) is 0 Å². The van der Waals surface area contributed by atoms with Gasteiger partial charge in [0.2, 0.25) is 5.91 Å². The SMILES string of the molecule is Cn1cnc2cc(-c3ccc(N4CCCC4=O)cc3)nc(NC3CC3)c2c1=O. The van der Waals surface area contributed by atoms with E-state index in [1.165, 1.54) is 10.9 Å². The summed E-state index contributed by atoms with van der Waals surface area (Å²) in [5, 5.41) is 3.91. The number of fused-ring (bicyclic) bond motifs is 1. The Morgan fingerprint density at radius 2 is 1.93 bits per heavy atom. The number of nitrogens with one attached hydrogen (secondary N) is 1. The van der Waals surface area contributed by atoms with Gasteiger partial charge in [-0.15, -0.1) is 0 Å². The number of amides is 1. The molecule has 1 aromatic carbocycles. The normalized spacial score (nSPS) is 16.8. The van der Waals surface area contributed by atoms with E-state index in [-0.39, 0.29) is 11.5 Å². The molecule has 2 aromatic heterocycles. The number of anilines is 2. The second kappa shape index (κ2) is 6.44. The Morgan fingerprint density at radius 3 is 2.61 bits per heavy atom. The van der Waals surface area contributed by atoms with E-state index in [9.17, 15) is 9.59 Å². The minimum Gasteiger partial charge on any atom is -0.367 e. The van der Waals surface area contributed by atoms with Gasteiger partial charge in [0.1, 0.15) is 11.2 Å². The molecule has 0 bridgehead atoms. The lowest BCUT2D eigenvalue weighted by molar-refractivity contribution is -0.117. The summed E-state index contributed by atoms with van der Waals surface area (Å²) in [6.45, 7) is 0.773. The number of hydrogen-bond donors (Lipinski definition) is 1. The van der Waals surface area contributed by atoms with Gasteiger partial charge in [0.05, 0.1) is 17.5 Å². The van der Waals surface area contributed by atoms with Crippen LogP contribution in [0.25, 0.3) is 22.2 Å². The zero-order valence-electron chi connectivity index (χ0n) is 15.7. The Kier molecular flexibility index (Phi) is 3.89. The van der Waals surface area contributed by atoms with Crippen molar-refractivity contribution in [3.8, 4) is 11.3 Å². The van der Waals surface area contributed by atoms with Gasteiger partial charge >= 0.3 is 0 Å². The van der Waals surface area contributed by atoms with Crippen molar-refractivity contribution >= 4 is 28.3 Å². The van der Waals surface area contributed by atoms with Crippen molar-refractivity contribution in [2.45, 2.75) is 31.7 Å². The van der Waals surface area contributed by atoms with Crippen LogP contribution in [0.5, 0.6) is 0 Å². The van der Waals surface area contributed by atoms with Gasteiger partial charge in [-0.25, -0.2) is 9.97 Å². The van der Waals surface area contributed by atoms with E-state index in [0.29, 0.717) is 29.2 Å². The van der Waals surface area contributed by atoms with Crippen LogP contribution in [0.3, 0.4) is 0 Å². The van der Waals surface area contributed by atoms with E-state index in [0.717, 1.165) is 42.8 Å². The first-order chi connectivity index (χ1) is 13.6. The van der Waals surface area contributed by atoms with Crippen molar-refractivity contribution in [2.75, 3.05) is 16.8 Å². The van der Waals surface area contributed by atoms with Gasteiger partial charge in [0, 0.05) is 37.3 Å². The molecule has 3 heterocycles. The minimum absolute atomic E-state index is 0.102. The van der Waals surface area contributed by atoms with Crippen LogP contribution in [-0.2, 0) is 11.8 Å². The third-order valence-electron chi connectivity index (χ3n) is 5.37. The fourth-order valence-electron chi connectivity index (χ4n) is 3.63. The lowest BCUT2D eigenvalue weighted by atomic mass is 10.1. The molecule has 1 aliphatic carbocycles. The van der Waals surface area contributed by atoms with Crippen LogP contribution in [0.1, 0.15) is 25.7 Å². The molecule has 2 aliphatic rings. The summed E-state index contributed by atoms with van der Waals surface area (Å²) < 4.78 is 1.48. The summed E-state index contributed by atoms with van der Waals surface area (Å²) in [4.78, 5) is 35.6. The molecule has 0 unspecified atom stereocenters. The van der Waals surface area contributed by atoms with E-state index in [1.807, 2.05) is 35.2 Å².